The first-order valence-corrected chi connectivity index (χ1v) is 10.4. The average molecular weight is 405 g/mol. The van der Waals surface area contributed by atoms with Crippen molar-refractivity contribution in [1.82, 2.24) is 0 Å². The summed E-state index contributed by atoms with van der Waals surface area (Å²) in [4.78, 5) is 5.06. The summed E-state index contributed by atoms with van der Waals surface area (Å²) >= 11 is 0. The van der Waals surface area contributed by atoms with Gasteiger partial charge in [-0.25, -0.2) is 4.99 Å². The lowest BCUT2D eigenvalue weighted by atomic mass is 10.1. The standard InChI is InChI=1S/C27H21N2O2/c1-17-21-11-5-7-13-25(21)30-27-29(18(2)22-12-6-8-14-26(22)31-27)24-16-20-10-4-3-9-19(20)15-23(24)28-17/h3-16,27H,1-2H3/q+1. The van der Waals surface area contributed by atoms with Gasteiger partial charge in [-0.2, -0.15) is 0 Å². The van der Waals surface area contributed by atoms with Crippen LogP contribution in [0.2, 0.25) is 0 Å². The van der Waals surface area contributed by atoms with Crippen LogP contribution in [-0.2, 0) is 0 Å². The Labute approximate surface area is 180 Å². The van der Waals surface area contributed by atoms with Crippen LogP contribution < -0.4 is 9.47 Å². The number of ether oxygens (including phenoxy) is 2. The molecule has 0 aliphatic carbocycles. The zero-order chi connectivity index (χ0) is 20.9. The molecule has 31 heavy (non-hydrogen) atoms. The van der Waals surface area contributed by atoms with Gasteiger partial charge >= 0.3 is 6.41 Å². The Kier molecular flexibility index (Phi) is 3.93. The van der Waals surface area contributed by atoms with Crippen LogP contribution in [0.4, 0.5) is 11.4 Å². The molecule has 0 saturated carbocycles. The van der Waals surface area contributed by atoms with Crippen molar-refractivity contribution in [2.75, 3.05) is 0 Å². The normalized spacial score (nSPS) is 17.0. The molecule has 0 aromatic heterocycles. The number of para-hydroxylation sites is 2. The minimum Gasteiger partial charge on any atom is -0.401 e. The summed E-state index contributed by atoms with van der Waals surface area (Å²) in [5.41, 5.74) is 5.84. The van der Waals surface area contributed by atoms with Gasteiger partial charge in [-0.15, -0.1) is 4.58 Å². The molecule has 0 radical (unpaired) electrons. The summed E-state index contributed by atoms with van der Waals surface area (Å²) in [7, 11) is 0. The van der Waals surface area contributed by atoms with Gasteiger partial charge in [0.05, 0.1) is 5.56 Å². The molecule has 2 aliphatic heterocycles. The van der Waals surface area contributed by atoms with E-state index < -0.39 is 6.41 Å². The van der Waals surface area contributed by atoms with Crippen LogP contribution in [0.5, 0.6) is 11.5 Å². The molecule has 0 bridgehead atoms. The van der Waals surface area contributed by atoms with Gasteiger partial charge in [0.25, 0.3) is 0 Å². The number of nitrogens with zero attached hydrogens (tertiary/aromatic N) is 2. The fraction of sp³-hybridized carbons (Fsp3) is 0.111. The third-order valence-electron chi connectivity index (χ3n) is 5.97. The van der Waals surface area contributed by atoms with Crippen LogP contribution in [-0.4, -0.2) is 22.4 Å². The first-order valence-electron chi connectivity index (χ1n) is 10.4. The Morgan fingerprint density at radius 3 is 2.03 bits per heavy atom. The Balaban J connectivity index is 1.72. The highest BCUT2D eigenvalue weighted by Gasteiger charge is 2.39. The van der Waals surface area contributed by atoms with Gasteiger partial charge in [-0.1, -0.05) is 48.5 Å². The van der Waals surface area contributed by atoms with Crippen LogP contribution in [0, 0.1) is 0 Å². The Morgan fingerprint density at radius 1 is 0.710 bits per heavy atom. The second-order valence-electron chi connectivity index (χ2n) is 7.88. The topological polar surface area (TPSA) is 33.8 Å². The molecule has 150 valence electrons. The van der Waals surface area contributed by atoms with Gasteiger partial charge in [0, 0.05) is 24.3 Å². The van der Waals surface area contributed by atoms with E-state index in [1.165, 1.54) is 0 Å². The summed E-state index contributed by atoms with van der Waals surface area (Å²) in [5.74, 6) is 1.57. The lowest BCUT2D eigenvalue weighted by Gasteiger charge is -2.25. The fourth-order valence-electron chi connectivity index (χ4n) is 4.41. The van der Waals surface area contributed by atoms with Crippen molar-refractivity contribution in [1.29, 1.82) is 0 Å². The number of hydrogen-bond acceptors (Lipinski definition) is 3. The summed E-state index contributed by atoms with van der Waals surface area (Å²) in [6, 6.07) is 28.7. The molecule has 2 aliphatic rings. The Hall–Kier alpha value is -3.92. The van der Waals surface area contributed by atoms with E-state index in [0.717, 1.165) is 56.2 Å². The van der Waals surface area contributed by atoms with Gasteiger partial charge in [0.1, 0.15) is 17.2 Å². The Morgan fingerprint density at radius 2 is 1.29 bits per heavy atom. The molecule has 0 spiro atoms. The van der Waals surface area contributed by atoms with Crippen LogP contribution >= 0.6 is 0 Å². The maximum absolute atomic E-state index is 6.49. The minimum atomic E-state index is -0.642. The number of hydrogen-bond donors (Lipinski definition) is 0. The largest absolute Gasteiger partial charge is 0.468 e. The molecule has 0 saturated heterocycles. The van der Waals surface area contributed by atoms with Gasteiger partial charge in [-0.3, -0.25) is 0 Å². The predicted molar refractivity (Wildman–Crippen MR) is 123 cm³/mol. The molecule has 0 amide bonds. The van der Waals surface area contributed by atoms with E-state index in [0.29, 0.717) is 0 Å². The highest BCUT2D eigenvalue weighted by atomic mass is 16.7. The van der Waals surface area contributed by atoms with Gasteiger partial charge in [0.2, 0.25) is 5.69 Å². The predicted octanol–water partition coefficient (Wildman–Crippen LogP) is 6.20. The van der Waals surface area contributed by atoms with Crippen molar-refractivity contribution in [3.05, 3.63) is 96.1 Å². The smallest absolute Gasteiger partial charge is 0.401 e. The van der Waals surface area contributed by atoms with Crippen molar-refractivity contribution in [3.8, 4) is 11.5 Å². The van der Waals surface area contributed by atoms with E-state index in [-0.39, 0.29) is 0 Å². The number of fused-ring (bicyclic) bond motifs is 6. The van der Waals surface area contributed by atoms with E-state index in [4.69, 9.17) is 14.5 Å². The van der Waals surface area contributed by atoms with Crippen molar-refractivity contribution in [2.24, 2.45) is 4.99 Å². The summed E-state index contributed by atoms with van der Waals surface area (Å²) in [6.07, 6.45) is -0.642. The summed E-state index contributed by atoms with van der Waals surface area (Å²) in [6.45, 7) is 4.13. The van der Waals surface area contributed by atoms with Crippen LogP contribution in [0.1, 0.15) is 25.0 Å². The van der Waals surface area contributed by atoms with Crippen molar-refractivity contribution in [3.63, 3.8) is 0 Å². The van der Waals surface area contributed by atoms with Crippen molar-refractivity contribution >= 4 is 33.6 Å². The van der Waals surface area contributed by atoms with E-state index in [9.17, 15) is 0 Å². The van der Waals surface area contributed by atoms with Crippen LogP contribution in [0.25, 0.3) is 10.8 Å². The first-order chi connectivity index (χ1) is 15.2. The molecule has 1 unspecified atom stereocenters. The second kappa shape index (κ2) is 6.81. The summed E-state index contributed by atoms with van der Waals surface area (Å²) < 4.78 is 15.0. The molecule has 4 nitrogen and oxygen atoms in total. The number of rotatable bonds is 0. The minimum absolute atomic E-state index is 0.642. The molecule has 4 aromatic rings. The molecule has 6 rings (SSSR count). The molecule has 1 atom stereocenters. The number of benzene rings is 4. The van der Waals surface area contributed by atoms with Gasteiger partial charge in [-0.05, 0) is 48.0 Å². The summed E-state index contributed by atoms with van der Waals surface area (Å²) in [5, 5.41) is 2.30. The lowest BCUT2D eigenvalue weighted by molar-refractivity contribution is -0.578. The zero-order valence-corrected chi connectivity index (χ0v) is 17.4. The van der Waals surface area contributed by atoms with E-state index in [2.05, 4.69) is 54.0 Å². The Bertz CT molecular complexity index is 1420. The molecular formula is C27H21N2O2+. The SMILES string of the molecule is CC1=Nc2cc3ccccc3cc2[N+]2=C(C)c3ccccc3OC2Oc2ccccc21. The molecule has 0 N–H and O–H groups in total. The molecule has 2 heterocycles. The monoisotopic (exact) mass is 405 g/mol. The van der Waals surface area contributed by atoms with Gasteiger partial charge in [0.15, 0.2) is 5.71 Å². The maximum atomic E-state index is 6.49. The molecule has 4 aromatic carbocycles. The second-order valence-corrected chi connectivity index (χ2v) is 7.88. The van der Waals surface area contributed by atoms with Gasteiger partial charge < -0.3 is 9.47 Å². The molecular weight excluding hydrogens is 384 g/mol. The quantitative estimate of drug-likeness (QED) is 0.326. The fourth-order valence-corrected chi connectivity index (χ4v) is 4.41. The lowest BCUT2D eigenvalue weighted by Crippen LogP contribution is -2.41. The zero-order valence-electron chi connectivity index (χ0n) is 17.4. The maximum Gasteiger partial charge on any atom is 0.468 e. The molecule has 4 heteroatoms. The van der Waals surface area contributed by atoms with Crippen molar-refractivity contribution in [2.45, 2.75) is 20.3 Å². The first kappa shape index (κ1) is 17.9. The third kappa shape index (κ3) is 2.83. The number of aliphatic imine (C=N–C) groups is 1. The third-order valence-corrected chi connectivity index (χ3v) is 5.97. The van der Waals surface area contributed by atoms with Crippen LogP contribution in [0.15, 0.2) is 89.9 Å². The van der Waals surface area contributed by atoms with E-state index >= 15 is 0 Å². The van der Waals surface area contributed by atoms with E-state index in [1.807, 2.05) is 49.4 Å². The average Bonchev–Trinajstić information content (AvgIpc) is 2.83. The highest BCUT2D eigenvalue weighted by Crippen LogP contribution is 2.39. The highest BCUT2D eigenvalue weighted by molar-refractivity contribution is 6.04. The molecule has 0 fully saturated rings. The van der Waals surface area contributed by atoms with Crippen molar-refractivity contribution < 1.29 is 14.0 Å². The van der Waals surface area contributed by atoms with E-state index in [1.54, 1.807) is 0 Å². The van der Waals surface area contributed by atoms with Crippen LogP contribution in [0.3, 0.4) is 0 Å².